The zero-order valence-corrected chi connectivity index (χ0v) is 22.2. The van der Waals surface area contributed by atoms with Gasteiger partial charge in [0.1, 0.15) is 5.82 Å². The van der Waals surface area contributed by atoms with Crippen LogP contribution in [0, 0.1) is 12.7 Å². The summed E-state index contributed by atoms with van der Waals surface area (Å²) in [6, 6.07) is 23.4. The number of hydrogen-bond acceptors (Lipinski definition) is 4. The summed E-state index contributed by atoms with van der Waals surface area (Å²) in [5, 5.41) is 0. The molecule has 39 heavy (non-hydrogen) atoms. The Morgan fingerprint density at radius 2 is 1.31 bits per heavy atom. The second-order valence-corrected chi connectivity index (χ2v) is 9.33. The van der Waals surface area contributed by atoms with E-state index in [2.05, 4.69) is 0 Å². The number of carbonyl (C=O) groups is 2. The topological polar surface area (TPSA) is 64.0 Å². The van der Waals surface area contributed by atoms with E-state index in [1.807, 2.05) is 66.1 Å². The number of rotatable bonds is 6. The Balaban J connectivity index is 1.44. The molecule has 0 saturated carbocycles. The molecule has 0 bridgehead atoms. The summed E-state index contributed by atoms with van der Waals surface area (Å²) < 4.78 is 27.1. The molecule has 0 unspecified atom stereocenters. The first kappa shape index (κ1) is 26.0. The molecule has 4 aromatic rings. The van der Waals surface area contributed by atoms with Gasteiger partial charge in [-0.3, -0.25) is 9.59 Å². The quantitative estimate of drug-likeness (QED) is 0.346. The minimum Gasteiger partial charge on any atom is -0.493 e. The van der Waals surface area contributed by atoms with Gasteiger partial charge in [-0.1, -0.05) is 42.5 Å². The maximum atomic E-state index is 14.1. The highest BCUT2D eigenvalue weighted by Gasteiger charge is 2.29. The van der Waals surface area contributed by atoms with Gasteiger partial charge in [-0.2, -0.15) is 0 Å². The number of ether oxygens (including phenoxy) is 2. The maximum Gasteiger partial charge on any atom is 0.256 e. The minimum atomic E-state index is -0.540. The molecule has 3 aromatic carbocycles. The summed E-state index contributed by atoms with van der Waals surface area (Å²) in [4.78, 5) is 30.0. The van der Waals surface area contributed by atoms with Crippen LogP contribution in [0.5, 0.6) is 11.5 Å². The van der Waals surface area contributed by atoms with Gasteiger partial charge >= 0.3 is 0 Å². The summed E-state index contributed by atoms with van der Waals surface area (Å²) >= 11 is 0. The lowest BCUT2D eigenvalue weighted by molar-refractivity contribution is 0.0532. The van der Waals surface area contributed by atoms with E-state index in [1.54, 1.807) is 36.2 Å². The average Bonchev–Trinajstić information content (AvgIpc) is 3.33. The van der Waals surface area contributed by atoms with E-state index in [0.717, 1.165) is 22.6 Å². The van der Waals surface area contributed by atoms with Crippen LogP contribution in [0.15, 0.2) is 78.9 Å². The number of nitrogens with zero attached hydrogens (tertiary/aromatic N) is 3. The first-order valence-electron chi connectivity index (χ1n) is 12.8. The third-order valence-corrected chi connectivity index (χ3v) is 7.13. The first-order valence-corrected chi connectivity index (χ1v) is 12.8. The molecule has 2 amide bonds. The van der Waals surface area contributed by atoms with Crippen molar-refractivity contribution in [1.29, 1.82) is 0 Å². The van der Waals surface area contributed by atoms with Crippen molar-refractivity contribution >= 4 is 11.8 Å². The molecular weight excluding hydrogens is 497 g/mol. The van der Waals surface area contributed by atoms with Gasteiger partial charge < -0.3 is 23.8 Å². The Hall–Kier alpha value is -4.59. The van der Waals surface area contributed by atoms with Crippen molar-refractivity contribution in [2.75, 3.05) is 40.4 Å². The van der Waals surface area contributed by atoms with Crippen molar-refractivity contribution in [3.05, 3.63) is 102 Å². The molecule has 5 rings (SSSR count). The Morgan fingerprint density at radius 3 is 1.92 bits per heavy atom. The van der Waals surface area contributed by atoms with Crippen LogP contribution in [0.4, 0.5) is 4.39 Å². The molecule has 7 nitrogen and oxygen atoms in total. The zero-order valence-electron chi connectivity index (χ0n) is 22.2. The standard InChI is InChI=1S/C31H30FN3O4/c1-21-25(31(37)34-17-15-33(16-18-34)30(36)24-11-7-8-12-26(24)32)20-27(22-9-5-4-6-10-22)35(21)23-13-14-28(38-2)29(19-23)39-3/h4-14,19-20H,15-18H2,1-3H3. The molecule has 8 heteroatoms. The first-order chi connectivity index (χ1) is 18.9. The minimum absolute atomic E-state index is 0.0487. The van der Waals surface area contributed by atoms with Crippen molar-refractivity contribution in [2.45, 2.75) is 6.92 Å². The molecule has 1 aromatic heterocycles. The van der Waals surface area contributed by atoms with E-state index in [4.69, 9.17) is 9.47 Å². The summed E-state index contributed by atoms with van der Waals surface area (Å²) in [7, 11) is 3.18. The second-order valence-electron chi connectivity index (χ2n) is 9.33. The molecular formula is C31H30FN3O4. The molecule has 0 spiro atoms. The Bertz CT molecular complexity index is 1510. The summed E-state index contributed by atoms with van der Waals surface area (Å²) in [5.41, 5.74) is 4.09. The molecule has 1 fully saturated rings. The average molecular weight is 528 g/mol. The number of methoxy groups -OCH3 is 2. The number of halogens is 1. The van der Waals surface area contributed by atoms with Gasteiger partial charge in [0, 0.05) is 43.6 Å². The van der Waals surface area contributed by atoms with Crippen molar-refractivity contribution in [2.24, 2.45) is 0 Å². The van der Waals surface area contributed by atoms with Crippen LogP contribution in [0.2, 0.25) is 0 Å². The van der Waals surface area contributed by atoms with Crippen molar-refractivity contribution in [3.8, 4) is 28.4 Å². The molecule has 1 saturated heterocycles. The number of carbonyl (C=O) groups excluding carboxylic acids is 2. The molecule has 0 N–H and O–H groups in total. The van der Waals surface area contributed by atoms with Gasteiger partial charge in [-0.05, 0) is 42.8 Å². The van der Waals surface area contributed by atoms with Gasteiger partial charge in [-0.25, -0.2) is 4.39 Å². The molecule has 1 aliphatic rings. The van der Waals surface area contributed by atoms with Crippen LogP contribution in [0.1, 0.15) is 26.4 Å². The lowest BCUT2D eigenvalue weighted by Gasteiger charge is -2.35. The summed E-state index contributed by atoms with van der Waals surface area (Å²) in [5.74, 6) is 0.197. The van der Waals surface area contributed by atoms with E-state index in [0.29, 0.717) is 43.2 Å². The van der Waals surface area contributed by atoms with Crippen LogP contribution in [0.25, 0.3) is 16.9 Å². The van der Waals surface area contributed by atoms with E-state index < -0.39 is 5.82 Å². The normalized spacial score (nSPS) is 13.3. The Kier molecular flexibility index (Phi) is 7.36. The molecule has 0 atom stereocenters. The molecule has 1 aliphatic heterocycles. The number of aromatic nitrogens is 1. The third kappa shape index (κ3) is 4.97. The number of hydrogen-bond donors (Lipinski definition) is 0. The lowest BCUT2D eigenvalue weighted by Crippen LogP contribution is -2.50. The predicted octanol–water partition coefficient (Wildman–Crippen LogP) is 5.21. The van der Waals surface area contributed by atoms with Gasteiger partial charge in [0.2, 0.25) is 0 Å². The van der Waals surface area contributed by atoms with Crippen LogP contribution in [-0.4, -0.2) is 66.6 Å². The van der Waals surface area contributed by atoms with Crippen LogP contribution in [0.3, 0.4) is 0 Å². The van der Waals surface area contributed by atoms with Crippen LogP contribution in [-0.2, 0) is 0 Å². The van der Waals surface area contributed by atoms with Gasteiger partial charge in [0.05, 0.1) is 31.0 Å². The van der Waals surface area contributed by atoms with Crippen LogP contribution >= 0.6 is 0 Å². The highest BCUT2D eigenvalue weighted by molar-refractivity contribution is 5.98. The Morgan fingerprint density at radius 1 is 0.718 bits per heavy atom. The highest BCUT2D eigenvalue weighted by atomic mass is 19.1. The molecule has 0 aliphatic carbocycles. The highest BCUT2D eigenvalue weighted by Crippen LogP contribution is 2.35. The number of piperazine rings is 1. The van der Waals surface area contributed by atoms with Crippen molar-refractivity contribution in [1.82, 2.24) is 14.4 Å². The number of benzene rings is 3. The lowest BCUT2D eigenvalue weighted by atomic mass is 10.1. The van der Waals surface area contributed by atoms with Gasteiger partial charge in [-0.15, -0.1) is 0 Å². The second kappa shape index (κ2) is 11.0. The predicted molar refractivity (Wildman–Crippen MR) is 147 cm³/mol. The fourth-order valence-corrected chi connectivity index (χ4v) is 5.03. The van der Waals surface area contributed by atoms with Gasteiger partial charge in [0.25, 0.3) is 11.8 Å². The summed E-state index contributed by atoms with van der Waals surface area (Å²) in [6.45, 7) is 3.31. The largest absolute Gasteiger partial charge is 0.493 e. The third-order valence-electron chi connectivity index (χ3n) is 7.13. The molecule has 0 radical (unpaired) electrons. The van der Waals surface area contributed by atoms with E-state index in [9.17, 15) is 14.0 Å². The maximum absolute atomic E-state index is 14.1. The van der Waals surface area contributed by atoms with E-state index >= 15 is 0 Å². The van der Waals surface area contributed by atoms with Gasteiger partial charge in [0.15, 0.2) is 11.5 Å². The Labute approximate surface area is 227 Å². The van der Waals surface area contributed by atoms with E-state index in [-0.39, 0.29) is 17.4 Å². The fourth-order valence-electron chi connectivity index (χ4n) is 5.03. The van der Waals surface area contributed by atoms with E-state index in [1.165, 1.54) is 12.1 Å². The monoisotopic (exact) mass is 527 g/mol. The fraction of sp³-hybridized carbons (Fsp3) is 0.226. The zero-order chi connectivity index (χ0) is 27.5. The van der Waals surface area contributed by atoms with Crippen molar-refractivity contribution < 1.29 is 23.5 Å². The SMILES string of the molecule is COc1ccc(-n2c(-c3ccccc3)cc(C(=O)N3CCN(C(=O)c4ccccc4F)CC3)c2C)cc1OC. The number of amides is 2. The smallest absolute Gasteiger partial charge is 0.256 e. The van der Waals surface area contributed by atoms with Crippen molar-refractivity contribution in [3.63, 3.8) is 0 Å². The molecule has 200 valence electrons. The molecule has 2 heterocycles. The summed E-state index contributed by atoms with van der Waals surface area (Å²) in [6.07, 6.45) is 0. The van der Waals surface area contributed by atoms with Crippen LogP contribution < -0.4 is 9.47 Å².